The van der Waals surface area contributed by atoms with Gasteiger partial charge >= 0.3 is 6.01 Å². The van der Waals surface area contributed by atoms with Crippen LogP contribution in [0.3, 0.4) is 0 Å². The van der Waals surface area contributed by atoms with Gasteiger partial charge in [0.1, 0.15) is 11.7 Å². The van der Waals surface area contributed by atoms with Gasteiger partial charge < -0.3 is 14.2 Å². The molecule has 7 rings (SSSR count). The van der Waals surface area contributed by atoms with Gasteiger partial charge in [0.25, 0.3) is 5.56 Å². The van der Waals surface area contributed by atoms with Crippen LogP contribution in [-0.4, -0.2) is 52.4 Å². The molecule has 4 aromatic rings. The van der Waals surface area contributed by atoms with Crippen LogP contribution in [0.4, 0.5) is 0 Å². The molecule has 3 aliphatic rings. The minimum atomic E-state index is -0.828. The highest BCUT2D eigenvalue weighted by atomic mass is 16.6. The number of fused-ring (bicyclic) bond motifs is 3. The maximum atomic E-state index is 11.9. The first-order valence-corrected chi connectivity index (χ1v) is 13.7. The van der Waals surface area contributed by atoms with Crippen molar-refractivity contribution in [3.05, 3.63) is 130 Å². The third-order valence-electron chi connectivity index (χ3n) is 8.20. The Kier molecular flexibility index (Phi) is 6.27. The molecule has 0 saturated carbocycles. The summed E-state index contributed by atoms with van der Waals surface area (Å²) >= 11 is 0. The lowest BCUT2D eigenvalue weighted by Gasteiger charge is -2.38. The van der Waals surface area contributed by atoms with Gasteiger partial charge in [0.15, 0.2) is 12.3 Å². The Morgan fingerprint density at radius 3 is 1.95 bits per heavy atom. The van der Waals surface area contributed by atoms with Gasteiger partial charge in [-0.1, -0.05) is 91.0 Å². The second kappa shape index (κ2) is 10.1. The molecule has 0 bridgehead atoms. The second-order valence-electron chi connectivity index (χ2n) is 10.4. The van der Waals surface area contributed by atoms with E-state index < -0.39 is 5.60 Å². The topological polar surface area (TPSA) is 65.8 Å². The largest absolute Gasteiger partial charge is 0.455 e. The summed E-state index contributed by atoms with van der Waals surface area (Å²) in [4.78, 5) is 18.4. The molecule has 3 aliphatic heterocycles. The van der Waals surface area contributed by atoms with E-state index in [2.05, 4.69) is 82.7 Å². The maximum Gasteiger partial charge on any atom is 0.302 e. The SMILES string of the molecule is O=c1ccn2c(n1)O[C@H]1[C@H](N3CCCC3)[C@@H](COC(c3ccccc3)(c3ccccc3)c3ccccc3)O[C@H]12. The normalized spacial score (nSPS) is 24.3. The molecule has 2 saturated heterocycles. The number of hydrogen-bond acceptors (Lipinski definition) is 6. The molecule has 0 aliphatic carbocycles. The molecule has 3 aromatic carbocycles. The van der Waals surface area contributed by atoms with Crippen LogP contribution in [0.25, 0.3) is 0 Å². The average Bonchev–Trinajstić information content (AvgIpc) is 3.71. The lowest BCUT2D eigenvalue weighted by molar-refractivity contribution is -0.0862. The number of nitrogens with zero attached hydrogens (tertiary/aromatic N) is 3. The Labute approximate surface area is 227 Å². The summed E-state index contributed by atoms with van der Waals surface area (Å²) in [5, 5.41) is 0. The van der Waals surface area contributed by atoms with E-state index in [1.807, 2.05) is 22.8 Å². The Hall–Kier alpha value is -3.78. The number of benzene rings is 3. The molecule has 0 amide bonds. The fourth-order valence-electron chi connectivity index (χ4n) is 6.46. The molecule has 0 spiro atoms. The van der Waals surface area contributed by atoms with Crippen LogP contribution >= 0.6 is 0 Å². The van der Waals surface area contributed by atoms with Crippen LogP contribution < -0.4 is 10.3 Å². The summed E-state index contributed by atoms with van der Waals surface area (Å²) in [5.74, 6) is 0. The van der Waals surface area contributed by atoms with E-state index in [1.165, 1.54) is 6.07 Å². The van der Waals surface area contributed by atoms with Crippen LogP contribution in [0.15, 0.2) is 108 Å². The van der Waals surface area contributed by atoms with Crippen LogP contribution in [0, 0.1) is 0 Å². The summed E-state index contributed by atoms with van der Waals surface area (Å²) in [6, 6.07) is 33.0. The van der Waals surface area contributed by atoms with Crippen molar-refractivity contribution in [2.75, 3.05) is 19.7 Å². The van der Waals surface area contributed by atoms with E-state index in [0.29, 0.717) is 12.6 Å². The zero-order valence-corrected chi connectivity index (χ0v) is 21.6. The van der Waals surface area contributed by atoms with Crippen molar-refractivity contribution in [1.82, 2.24) is 14.5 Å². The summed E-state index contributed by atoms with van der Waals surface area (Å²) in [7, 11) is 0. The lowest BCUT2D eigenvalue weighted by Crippen LogP contribution is -2.49. The molecule has 7 heteroatoms. The molecular formula is C32H31N3O4. The van der Waals surface area contributed by atoms with Crippen LogP contribution in [0.5, 0.6) is 6.01 Å². The minimum absolute atomic E-state index is 0.0191. The molecule has 198 valence electrons. The Bertz CT molecular complexity index is 1380. The summed E-state index contributed by atoms with van der Waals surface area (Å²) < 4.78 is 22.0. The van der Waals surface area contributed by atoms with E-state index in [9.17, 15) is 4.79 Å². The highest BCUT2D eigenvalue weighted by Gasteiger charge is 2.55. The van der Waals surface area contributed by atoms with Crippen molar-refractivity contribution < 1.29 is 14.2 Å². The van der Waals surface area contributed by atoms with E-state index in [0.717, 1.165) is 42.6 Å². The summed E-state index contributed by atoms with van der Waals surface area (Å²) in [6.07, 6.45) is 3.17. The third-order valence-corrected chi connectivity index (χ3v) is 8.20. The van der Waals surface area contributed by atoms with Gasteiger partial charge in [0.05, 0.1) is 12.6 Å². The average molecular weight is 522 g/mol. The molecule has 4 heterocycles. The van der Waals surface area contributed by atoms with Gasteiger partial charge in [-0.3, -0.25) is 14.3 Å². The fraction of sp³-hybridized carbons (Fsp3) is 0.312. The van der Waals surface area contributed by atoms with Gasteiger partial charge in [-0.05, 0) is 42.6 Å². The van der Waals surface area contributed by atoms with Crippen molar-refractivity contribution in [2.24, 2.45) is 0 Å². The predicted molar refractivity (Wildman–Crippen MR) is 147 cm³/mol. The first-order chi connectivity index (χ1) is 19.2. The summed E-state index contributed by atoms with van der Waals surface area (Å²) in [5.41, 5.74) is 2.03. The molecule has 2 fully saturated rings. The number of aromatic nitrogens is 2. The van der Waals surface area contributed by atoms with Crippen molar-refractivity contribution in [3.63, 3.8) is 0 Å². The molecule has 7 nitrogen and oxygen atoms in total. The molecular weight excluding hydrogens is 490 g/mol. The van der Waals surface area contributed by atoms with Crippen molar-refractivity contribution >= 4 is 0 Å². The van der Waals surface area contributed by atoms with Gasteiger partial charge in [-0.2, -0.15) is 4.98 Å². The Balaban J connectivity index is 1.28. The van der Waals surface area contributed by atoms with Crippen molar-refractivity contribution in [1.29, 1.82) is 0 Å². The molecule has 0 unspecified atom stereocenters. The third kappa shape index (κ3) is 4.18. The molecule has 1 aromatic heterocycles. The molecule has 39 heavy (non-hydrogen) atoms. The van der Waals surface area contributed by atoms with Crippen molar-refractivity contribution in [3.8, 4) is 6.01 Å². The molecule has 4 atom stereocenters. The maximum absolute atomic E-state index is 11.9. The van der Waals surface area contributed by atoms with E-state index in [-0.39, 0.29) is 30.0 Å². The monoisotopic (exact) mass is 521 g/mol. The molecule has 0 radical (unpaired) electrons. The zero-order valence-electron chi connectivity index (χ0n) is 21.6. The smallest absolute Gasteiger partial charge is 0.302 e. The lowest BCUT2D eigenvalue weighted by atomic mass is 9.80. The Morgan fingerprint density at radius 2 is 1.38 bits per heavy atom. The first-order valence-electron chi connectivity index (χ1n) is 13.7. The minimum Gasteiger partial charge on any atom is -0.455 e. The van der Waals surface area contributed by atoms with Gasteiger partial charge in [0.2, 0.25) is 0 Å². The van der Waals surface area contributed by atoms with Gasteiger partial charge in [0, 0.05) is 12.3 Å². The fourth-order valence-corrected chi connectivity index (χ4v) is 6.46. The Morgan fingerprint density at radius 1 is 0.821 bits per heavy atom. The zero-order chi connectivity index (χ0) is 26.2. The second-order valence-corrected chi connectivity index (χ2v) is 10.4. The van der Waals surface area contributed by atoms with E-state index >= 15 is 0 Å². The molecule has 0 N–H and O–H groups in total. The van der Waals surface area contributed by atoms with E-state index in [1.54, 1.807) is 6.20 Å². The highest BCUT2D eigenvalue weighted by Crippen LogP contribution is 2.45. The number of likely N-dealkylation sites (tertiary alicyclic amines) is 1. The number of ether oxygens (including phenoxy) is 3. The van der Waals surface area contributed by atoms with Crippen LogP contribution in [0.2, 0.25) is 0 Å². The highest BCUT2D eigenvalue weighted by molar-refractivity contribution is 5.47. The number of hydrogen-bond donors (Lipinski definition) is 0. The quantitative estimate of drug-likeness (QED) is 0.337. The number of rotatable bonds is 7. The summed E-state index contributed by atoms with van der Waals surface area (Å²) in [6.45, 7) is 2.33. The van der Waals surface area contributed by atoms with Gasteiger partial charge in [-0.15, -0.1) is 0 Å². The van der Waals surface area contributed by atoms with Crippen LogP contribution in [-0.2, 0) is 15.1 Å². The predicted octanol–water partition coefficient (Wildman–Crippen LogP) is 4.37. The van der Waals surface area contributed by atoms with Gasteiger partial charge in [-0.25, -0.2) is 0 Å². The standard InChI is InChI=1S/C32H31N3O4/c36-27-18-21-35-30-29(39-31(35)33-27)28(34-19-10-11-20-34)26(38-30)22-37-32(23-12-4-1-5-13-23,24-14-6-2-7-15-24)25-16-8-3-9-17-25/h1-9,12-18,21,26,28-30H,10-11,19-20,22H2/t26-,28-,29+,30-/m1/s1. The van der Waals surface area contributed by atoms with Crippen LogP contribution in [0.1, 0.15) is 35.8 Å². The van der Waals surface area contributed by atoms with E-state index in [4.69, 9.17) is 14.2 Å². The first kappa shape index (κ1) is 24.3. The van der Waals surface area contributed by atoms with Crippen molar-refractivity contribution in [2.45, 2.75) is 42.9 Å².